The molecule has 0 aliphatic carbocycles. The Balaban J connectivity index is 1.59. The lowest BCUT2D eigenvalue weighted by Gasteiger charge is -2.45. The number of pyridine rings is 1. The number of amides is 1. The Kier molecular flexibility index (Phi) is 6.26. The van der Waals surface area contributed by atoms with Crippen LogP contribution in [0, 0.1) is 0 Å². The fourth-order valence-electron chi connectivity index (χ4n) is 3.62. The molecule has 0 radical (unpaired) electrons. The van der Waals surface area contributed by atoms with Gasteiger partial charge < -0.3 is 9.80 Å². The van der Waals surface area contributed by atoms with Crippen molar-refractivity contribution >= 4 is 15.9 Å². The van der Waals surface area contributed by atoms with Crippen molar-refractivity contribution in [3.8, 4) is 0 Å². The third kappa shape index (κ3) is 4.42. The molecule has 26 heavy (non-hydrogen) atoms. The standard InChI is InChI=1S/C18H28N4O3S/c1-2-26(24,25)22(13-12-20-10-4-3-5-11-20)17-14-21(15-17)18(23)16-6-8-19-9-7-16/h6-9,17H,2-5,10-15H2,1H3. The van der Waals surface area contributed by atoms with E-state index in [9.17, 15) is 13.2 Å². The average Bonchev–Trinajstić information content (AvgIpc) is 2.64. The van der Waals surface area contributed by atoms with E-state index < -0.39 is 10.0 Å². The van der Waals surface area contributed by atoms with E-state index in [-0.39, 0.29) is 17.7 Å². The molecule has 0 atom stereocenters. The summed E-state index contributed by atoms with van der Waals surface area (Å²) in [5, 5.41) is 0. The monoisotopic (exact) mass is 380 g/mol. The van der Waals surface area contributed by atoms with E-state index in [4.69, 9.17) is 0 Å². The van der Waals surface area contributed by atoms with Gasteiger partial charge in [0.05, 0.1) is 11.8 Å². The molecule has 3 heterocycles. The molecule has 7 nitrogen and oxygen atoms in total. The zero-order chi connectivity index (χ0) is 18.6. The van der Waals surface area contributed by atoms with Crippen molar-refractivity contribution in [1.82, 2.24) is 19.1 Å². The summed E-state index contributed by atoms with van der Waals surface area (Å²) in [7, 11) is -3.28. The van der Waals surface area contributed by atoms with Crippen LogP contribution in [0.3, 0.4) is 0 Å². The SMILES string of the molecule is CCS(=O)(=O)N(CCN1CCCCC1)C1CN(C(=O)c2ccncc2)C1. The quantitative estimate of drug-likeness (QED) is 0.707. The van der Waals surface area contributed by atoms with Crippen LogP contribution in [0.2, 0.25) is 0 Å². The van der Waals surface area contributed by atoms with Crippen LogP contribution >= 0.6 is 0 Å². The number of aromatic nitrogens is 1. The normalized spacial score (nSPS) is 19.5. The van der Waals surface area contributed by atoms with Crippen molar-refractivity contribution in [3.05, 3.63) is 30.1 Å². The van der Waals surface area contributed by atoms with Crippen LogP contribution in [-0.4, -0.2) is 84.5 Å². The molecular formula is C18H28N4O3S. The Labute approximate surface area is 156 Å². The number of piperidine rings is 1. The summed E-state index contributed by atoms with van der Waals surface area (Å²) in [5.41, 5.74) is 0.594. The van der Waals surface area contributed by atoms with E-state index in [2.05, 4.69) is 9.88 Å². The lowest BCUT2D eigenvalue weighted by Crippen LogP contribution is -2.63. The fraction of sp³-hybridized carbons (Fsp3) is 0.667. The summed E-state index contributed by atoms with van der Waals surface area (Å²) in [6.45, 7) is 5.99. The van der Waals surface area contributed by atoms with Gasteiger partial charge in [0.2, 0.25) is 10.0 Å². The van der Waals surface area contributed by atoms with E-state index in [1.165, 1.54) is 19.3 Å². The molecule has 144 valence electrons. The molecule has 1 amide bonds. The first-order valence-corrected chi connectivity index (χ1v) is 11.0. The molecule has 2 aliphatic heterocycles. The van der Waals surface area contributed by atoms with Gasteiger partial charge in [-0.1, -0.05) is 6.42 Å². The highest BCUT2D eigenvalue weighted by atomic mass is 32.2. The van der Waals surface area contributed by atoms with Crippen LogP contribution in [0.1, 0.15) is 36.5 Å². The minimum Gasteiger partial charge on any atom is -0.335 e. The minimum absolute atomic E-state index is 0.0615. The van der Waals surface area contributed by atoms with E-state index >= 15 is 0 Å². The summed E-state index contributed by atoms with van der Waals surface area (Å²) in [4.78, 5) is 20.4. The highest BCUT2D eigenvalue weighted by molar-refractivity contribution is 7.89. The van der Waals surface area contributed by atoms with Crippen molar-refractivity contribution in [3.63, 3.8) is 0 Å². The number of hydrogen-bond acceptors (Lipinski definition) is 5. The predicted molar refractivity (Wildman–Crippen MR) is 100 cm³/mol. The van der Waals surface area contributed by atoms with E-state index in [0.717, 1.165) is 19.6 Å². The van der Waals surface area contributed by atoms with Crippen LogP contribution in [0.25, 0.3) is 0 Å². The molecule has 3 rings (SSSR count). The van der Waals surface area contributed by atoms with Crippen LogP contribution in [0.4, 0.5) is 0 Å². The summed E-state index contributed by atoms with van der Waals surface area (Å²) in [5.74, 6) is 0.0375. The molecule has 0 unspecified atom stereocenters. The minimum atomic E-state index is -3.28. The van der Waals surface area contributed by atoms with Crippen LogP contribution in [0.15, 0.2) is 24.5 Å². The number of rotatable bonds is 7. The Hall–Kier alpha value is -1.51. The first-order chi connectivity index (χ1) is 12.5. The Bertz CT molecular complexity index is 698. The van der Waals surface area contributed by atoms with Crippen molar-refractivity contribution in [2.24, 2.45) is 0 Å². The third-order valence-electron chi connectivity index (χ3n) is 5.29. The summed E-state index contributed by atoms with van der Waals surface area (Å²) >= 11 is 0. The zero-order valence-electron chi connectivity index (χ0n) is 15.4. The van der Waals surface area contributed by atoms with Gasteiger partial charge in [-0.3, -0.25) is 9.78 Å². The highest BCUT2D eigenvalue weighted by Gasteiger charge is 2.39. The molecular weight excluding hydrogens is 352 g/mol. The van der Waals surface area contributed by atoms with Gasteiger partial charge in [-0.05, 0) is 45.0 Å². The van der Waals surface area contributed by atoms with Crippen LogP contribution < -0.4 is 0 Å². The van der Waals surface area contributed by atoms with Gasteiger partial charge in [0.25, 0.3) is 5.91 Å². The summed E-state index contributed by atoms with van der Waals surface area (Å²) < 4.78 is 26.7. The van der Waals surface area contributed by atoms with Crippen LogP contribution in [-0.2, 0) is 10.0 Å². The summed E-state index contributed by atoms with van der Waals surface area (Å²) in [6.07, 6.45) is 6.84. The number of nitrogens with zero attached hydrogens (tertiary/aromatic N) is 4. The molecule has 0 bridgehead atoms. The molecule has 0 saturated carbocycles. The maximum Gasteiger partial charge on any atom is 0.254 e. The van der Waals surface area contributed by atoms with Gasteiger partial charge in [0, 0.05) is 44.1 Å². The van der Waals surface area contributed by atoms with Crippen molar-refractivity contribution in [1.29, 1.82) is 0 Å². The second-order valence-corrected chi connectivity index (χ2v) is 9.22. The molecule has 0 N–H and O–H groups in total. The molecule has 2 aliphatic rings. The zero-order valence-corrected chi connectivity index (χ0v) is 16.2. The largest absolute Gasteiger partial charge is 0.335 e. The van der Waals surface area contributed by atoms with Gasteiger partial charge in [0.15, 0.2) is 0 Å². The number of carbonyl (C=O) groups is 1. The smallest absolute Gasteiger partial charge is 0.254 e. The van der Waals surface area contributed by atoms with E-state index in [1.54, 1.807) is 40.7 Å². The van der Waals surface area contributed by atoms with Gasteiger partial charge in [-0.25, -0.2) is 8.42 Å². The van der Waals surface area contributed by atoms with E-state index in [1.807, 2.05) is 0 Å². The van der Waals surface area contributed by atoms with Crippen LogP contribution in [0.5, 0.6) is 0 Å². The van der Waals surface area contributed by atoms with E-state index in [0.29, 0.717) is 25.2 Å². The lowest BCUT2D eigenvalue weighted by molar-refractivity contribution is 0.0436. The first-order valence-electron chi connectivity index (χ1n) is 9.42. The van der Waals surface area contributed by atoms with Gasteiger partial charge in [-0.15, -0.1) is 0 Å². The molecule has 8 heteroatoms. The van der Waals surface area contributed by atoms with Gasteiger partial charge in [-0.2, -0.15) is 4.31 Å². The van der Waals surface area contributed by atoms with Gasteiger partial charge in [0.1, 0.15) is 0 Å². The molecule has 0 spiro atoms. The maximum absolute atomic E-state index is 12.5. The summed E-state index contributed by atoms with van der Waals surface area (Å²) in [6, 6.07) is 3.26. The lowest BCUT2D eigenvalue weighted by atomic mass is 10.1. The Morgan fingerprint density at radius 3 is 2.46 bits per heavy atom. The molecule has 2 saturated heterocycles. The third-order valence-corrected chi connectivity index (χ3v) is 7.22. The average molecular weight is 381 g/mol. The predicted octanol–water partition coefficient (Wildman–Crippen LogP) is 1.04. The topological polar surface area (TPSA) is 73.8 Å². The second-order valence-electron chi connectivity index (χ2n) is 7.01. The molecule has 1 aromatic rings. The van der Waals surface area contributed by atoms with Gasteiger partial charge >= 0.3 is 0 Å². The van der Waals surface area contributed by atoms with Crippen molar-refractivity contribution in [2.75, 3.05) is 45.0 Å². The Morgan fingerprint density at radius 2 is 1.85 bits per heavy atom. The second kappa shape index (κ2) is 8.45. The molecule has 2 fully saturated rings. The molecule has 1 aromatic heterocycles. The van der Waals surface area contributed by atoms with Crippen molar-refractivity contribution < 1.29 is 13.2 Å². The number of hydrogen-bond donors (Lipinski definition) is 0. The van der Waals surface area contributed by atoms with Crippen molar-refractivity contribution in [2.45, 2.75) is 32.2 Å². The highest BCUT2D eigenvalue weighted by Crippen LogP contribution is 2.21. The first kappa shape index (κ1) is 19.3. The molecule has 0 aromatic carbocycles. The Morgan fingerprint density at radius 1 is 1.19 bits per heavy atom. The number of sulfonamides is 1. The maximum atomic E-state index is 12.5. The number of carbonyl (C=O) groups excluding carboxylic acids is 1. The number of likely N-dealkylation sites (tertiary alicyclic amines) is 2. The fourth-order valence-corrected chi connectivity index (χ4v) is 4.90.